The third kappa shape index (κ3) is 5.16. The van der Waals surface area contributed by atoms with Crippen LogP contribution in [0.15, 0.2) is 47.4 Å². The van der Waals surface area contributed by atoms with Crippen molar-refractivity contribution in [3.05, 3.63) is 58.1 Å². The maximum Gasteiger partial charge on any atom is 0.339 e. The van der Waals surface area contributed by atoms with Crippen molar-refractivity contribution in [3.8, 4) is 0 Å². The lowest BCUT2D eigenvalue weighted by Gasteiger charge is -2.10. The van der Waals surface area contributed by atoms with Gasteiger partial charge in [0.05, 0.1) is 16.3 Å². The summed E-state index contributed by atoms with van der Waals surface area (Å²) in [4.78, 5) is 24.9. The average molecular weight is 384 g/mol. The van der Waals surface area contributed by atoms with Gasteiger partial charge >= 0.3 is 5.97 Å². The highest BCUT2D eigenvalue weighted by atomic mass is 35.5. The van der Waals surface area contributed by atoms with Gasteiger partial charge in [0.15, 0.2) is 6.61 Å². The van der Waals surface area contributed by atoms with E-state index in [1.165, 1.54) is 17.8 Å². The molecule has 0 atom stereocenters. The van der Waals surface area contributed by atoms with Crippen molar-refractivity contribution in [3.63, 3.8) is 0 Å². The van der Waals surface area contributed by atoms with Crippen LogP contribution in [0.3, 0.4) is 0 Å². The van der Waals surface area contributed by atoms with Crippen LogP contribution in [0.25, 0.3) is 0 Å². The molecule has 0 unspecified atom stereocenters. The lowest BCUT2D eigenvalue weighted by molar-refractivity contribution is -0.119. The highest BCUT2D eigenvalue weighted by molar-refractivity contribution is 7.99. The number of rotatable bonds is 6. The Labute approximate surface area is 154 Å². The number of thioether (sulfide) groups is 1. The van der Waals surface area contributed by atoms with Crippen molar-refractivity contribution in [1.82, 2.24) is 0 Å². The van der Waals surface area contributed by atoms with Gasteiger partial charge in [-0.3, -0.25) is 4.79 Å². The van der Waals surface area contributed by atoms with Gasteiger partial charge in [-0.2, -0.15) is 0 Å². The van der Waals surface area contributed by atoms with Crippen LogP contribution >= 0.6 is 35.0 Å². The molecule has 0 radical (unpaired) electrons. The molecule has 0 aliphatic rings. The number of halogens is 2. The molecule has 0 aliphatic heterocycles. The van der Waals surface area contributed by atoms with Crippen molar-refractivity contribution in [2.24, 2.45) is 0 Å². The number of hydrogen-bond donors (Lipinski definition) is 1. The molecule has 7 heteroatoms. The van der Waals surface area contributed by atoms with Crippen LogP contribution in [-0.4, -0.2) is 24.2 Å². The minimum absolute atomic E-state index is 0.312. The second-order valence-corrected chi connectivity index (χ2v) is 6.83. The van der Waals surface area contributed by atoms with Gasteiger partial charge in [0.2, 0.25) is 0 Å². The zero-order valence-electron chi connectivity index (χ0n) is 12.8. The molecule has 126 valence electrons. The molecular formula is C17H15Cl2NO3S. The minimum atomic E-state index is -0.538. The topological polar surface area (TPSA) is 55.4 Å². The molecule has 1 N–H and O–H groups in total. The van der Waals surface area contributed by atoms with Crippen molar-refractivity contribution >= 4 is 52.5 Å². The summed E-state index contributed by atoms with van der Waals surface area (Å²) in [5.74, 6) is -0.183. The Morgan fingerprint density at radius 1 is 1.17 bits per heavy atom. The van der Waals surface area contributed by atoms with E-state index in [-0.39, 0.29) is 0 Å². The van der Waals surface area contributed by atoms with Gasteiger partial charge in [-0.15, -0.1) is 11.8 Å². The molecular weight excluding hydrogens is 369 g/mol. The number of nitrogens with one attached hydrogen (secondary N) is 1. The summed E-state index contributed by atoms with van der Waals surface area (Å²) in [5, 5.41) is 3.35. The highest BCUT2D eigenvalue weighted by Gasteiger charge is 2.14. The second kappa shape index (κ2) is 8.97. The maximum atomic E-state index is 12.1. The molecule has 0 heterocycles. The Morgan fingerprint density at radius 3 is 2.62 bits per heavy atom. The first-order chi connectivity index (χ1) is 11.5. The predicted octanol–water partition coefficient (Wildman–Crippen LogP) is 4.90. The number of amides is 1. The molecule has 0 spiro atoms. The molecule has 2 aromatic carbocycles. The van der Waals surface area contributed by atoms with Crippen LogP contribution in [-0.2, 0) is 9.53 Å². The molecule has 0 saturated carbocycles. The van der Waals surface area contributed by atoms with E-state index in [1.54, 1.807) is 24.3 Å². The van der Waals surface area contributed by atoms with E-state index >= 15 is 0 Å². The summed E-state index contributed by atoms with van der Waals surface area (Å²) in [5.41, 5.74) is 0.853. The number of esters is 1. The third-order valence-corrected chi connectivity index (χ3v) is 4.45. The lowest BCUT2D eigenvalue weighted by Crippen LogP contribution is -2.21. The van der Waals surface area contributed by atoms with Crippen LogP contribution < -0.4 is 5.32 Å². The van der Waals surface area contributed by atoms with Gasteiger partial charge in [-0.05, 0) is 36.1 Å². The number of anilines is 1. The third-order valence-electron chi connectivity index (χ3n) is 2.95. The fraction of sp³-hybridized carbons (Fsp3) is 0.176. The van der Waals surface area contributed by atoms with E-state index in [1.807, 2.05) is 19.1 Å². The summed E-state index contributed by atoms with van der Waals surface area (Å²) < 4.78 is 5.08. The molecule has 4 nitrogen and oxygen atoms in total. The highest BCUT2D eigenvalue weighted by Crippen LogP contribution is 2.25. The summed E-state index contributed by atoms with van der Waals surface area (Å²) in [6, 6.07) is 11.8. The zero-order chi connectivity index (χ0) is 17.5. The molecule has 24 heavy (non-hydrogen) atoms. The minimum Gasteiger partial charge on any atom is -0.452 e. The number of ether oxygens (including phenoxy) is 1. The SMILES string of the molecule is CCSc1ccccc1C(=O)OCC(=O)Nc1ccc(Cl)cc1Cl. The summed E-state index contributed by atoms with van der Waals surface area (Å²) in [7, 11) is 0. The maximum absolute atomic E-state index is 12.1. The Hall–Kier alpha value is -1.69. The van der Waals surface area contributed by atoms with E-state index in [0.29, 0.717) is 21.3 Å². The molecule has 0 aliphatic carbocycles. The molecule has 0 bridgehead atoms. The Kier molecular flexibility index (Phi) is 6.97. The van der Waals surface area contributed by atoms with E-state index in [4.69, 9.17) is 27.9 Å². The number of hydrogen-bond acceptors (Lipinski definition) is 4. The number of carbonyl (C=O) groups is 2. The number of carbonyl (C=O) groups excluding carboxylic acids is 2. The predicted molar refractivity (Wildman–Crippen MR) is 98.2 cm³/mol. The van der Waals surface area contributed by atoms with Crippen molar-refractivity contribution in [2.75, 3.05) is 17.7 Å². The summed E-state index contributed by atoms with van der Waals surface area (Å²) in [6.45, 7) is 1.60. The normalized spacial score (nSPS) is 10.3. The van der Waals surface area contributed by atoms with Crippen LogP contribution in [0, 0.1) is 0 Å². The monoisotopic (exact) mass is 383 g/mol. The lowest BCUT2D eigenvalue weighted by atomic mass is 10.2. The van der Waals surface area contributed by atoms with Crippen molar-refractivity contribution < 1.29 is 14.3 Å². The fourth-order valence-electron chi connectivity index (χ4n) is 1.90. The van der Waals surface area contributed by atoms with Gasteiger partial charge in [0.1, 0.15) is 0 Å². The molecule has 1 amide bonds. The quantitative estimate of drug-likeness (QED) is 0.569. The van der Waals surface area contributed by atoms with Gasteiger partial charge in [-0.1, -0.05) is 42.3 Å². The average Bonchev–Trinajstić information content (AvgIpc) is 2.56. The smallest absolute Gasteiger partial charge is 0.339 e. The molecule has 0 saturated heterocycles. The second-order valence-electron chi connectivity index (χ2n) is 4.68. The fourth-order valence-corrected chi connectivity index (χ4v) is 3.15. The summed E-state index contributed by atoms with van der Waals surface area (Å²) in [6.07, 6.45) is 0. The first-order valence-corrected chi connectivity index (χ1v) is 8.89. The van der Waals surface area contributed by atoms with E-state index in [0.717, 1.165) is 10.6 Å². The van der Waals surface area contributed by atoms with Crippen LogP contribution in [0.1, 0.15) is 17.3 Å². The van der Waals surface area contributed by atoms with Crippen LogP contribution in [0.2, 0.25) is 10.0 Å². The molecule has 0 aromatic heterocycles. The Balaban J connectivity index is 1.95. The Bertz CT molecular complexity index is 752. The van der Waals surface area contributed by atoms with E-state index in [9.17, 15) is 9.59 Å². The van der Waals surface area contributed by atoms with E-state index < -0.39 is 18.5 Å². The van der Waals surface area contributed by atoms with Crippen molar-refractivity contribution in [2.45, 2.75) is 11.8 Å². The summed E-state index contributed by atoms with van der Waals surface area (Å²) >= 11 is 13.3. The van der Waals surface area contributed by atoms with E-state index in [2.05, 4.69) is 5.32 Å². The Morgan fingerprint density at radius 2 is 1.92 bits per heavy atom. The van der Waals surface area contributed by atoms with Gasteiger partial charge in [0.25, 0.3) is 5.91 Å². The zero-order valence-corrected chi connectivity index (χ0v) is 15.2. The number of benzene rings is 2. The molecule has 2 aromatic rings. The van der Waals surface area contributed by atoms with Crippen LogP contribution in [0.5, 0.6) is 0 Å². The molecule has 0 fully saturated rings. The van der Waals surface area contributed by atoms with Crippen LogP contribution in [0.4, 0.5) is 5.69 Å². The van der Waals surface area contributed by atoms with Crippen molar-refractivity contribution in [1.29, 1.82) is 0 Å². The first-order valence-electron chi connectivity index (χ1n) is 7.15. The standard InChI is InChI=1S/C17H15Cl2NO3S/c1-2-24-15-6-4-3-5-12(15)17(22)23-10-16(21)20-14-8-7-11(18)9-13(14)19/h3-9H,2,10H2,1H3,(H,20,21). The van der Waals surface area contributed by atoms with Gasteiger partial charge < -0.3 is 10.1 Å². The molecule has 2 rings (SSSR count). The van der Waals surface area contributed by atoms with Gasteiger partial charge in [0, 0.05) is 9.92 Å². The largest absolute Gasteiger partial charge is 0.452 e. The van der Waals surface area contributed by atoms with Gasteiger partial charge in [-0.25, -0.2) is 4.79 Å². The first kappa shape index (κ1) is 18.6.